The maximum Gasteiger partial charge on any atom is 0.488 e. The molecular weight excluding hydrogens is 245 g/mol. The van der Waals surface area contributed by atoms with Crippen molar-refractivity contribution >= 4 is 12.6 Å². The molecule has 19 heavy (non-hydrogen) atoms. The van der Waals surface area contributed by atoms with Crippen LogP contribution in [0.1, 0.15) is 24.8 Å². The Morgan fingerprint density at radius 3 is 2.63 bits per heavy atom. The summed E-state index contributed by atoms with van der Waals surface area (Å²) in [5, 5.41) is 29.4. The third-order valence-corrected chi connectivity index (χ3v) is 3.25. The van der Waals surface area contributed by atoms with Crippen LogP contribution in [-0.4, -0.2) is 33.9 Å². The minimum atomic E-state index is -1.46. The summed E-state index contributed by atoms with van der Waals surface area (Å²) in [4.78, 5) is 0. The molecule has 0 bridgehead atoms. The number of nitrogens with zero attached hydrogens (tertiary/aromatic N) is 2. The summed E-state index contributed by atoms with van der Waals surface area (Å²) in [5.74, 6) is 1.06. The lowest BCUT2D eigenvalue weighted by atomic mass is 9.80. The lowest BCUT2D eigenvalue weighted by Crippen LogP contribution is -2.29. The zero-order valence-corrected chi connectivity index (χ0v) is 10.3. The van der Waals surface area contributed by atoms with E-state index < -0.39 is 7.12 Å². The van der Waals surface area contributed by atoms with E-state index in [9.17, 15) is 0 Å². The van der Waals surface area contributed by atoms with Crippen LogP contribution in [0, 0.1) is 0 Å². The smallest absolute Gasteiger partial charge is 0.423 e. The fourth-order valence-corrected chi connectivity index (χ4v) is 2.19. The SMILES string of the molecule is OB(O)c1ccc(-c2nnc([C@@H]3CCCN3)o2)cc1. The van der Waals surface area contributed by atoms with Gasteiger partial charge in [-0.15, -0.1) is 10.2 Å². The largest absolute Gasteiger partial charge is 0.488 e. The van der Waals surface area contributed by atoms with Crippen molar-refractivity contribution < 1.29 is 14.5 Å². The van der Waals surface area contributed by atoms with Crippen LogP contribution in [0.2, 0.25) is 0 Å². The van der Waals surface area contributed by atoms with Crippen LogP contribution in [0.15, 0.2) is 28.7 Å². The van der Waals surface area contributed by atoms with Crippen molar-refractivity contribution in [2.75, 3.05) is 6.54 Å². The lowest BCUT2D eigenvalue weighted by Gasteiger charge is -2.02. The van der Waals surface area contributed by atoms with Crippen LogP contribution in [0.4, 0.5) is 0 Å². The Labute approximate surface area is 110 Å². The van der Waals surface area contributed by atoms with Gasteiger partial charge in [-0.3, -0.25) is 0 Å². The molecule has 0 spiro atoms. The van der Waals surface area contributed by atoms with Gasteiger partial charge in [0, 0.05) is 5.56 Å². The van der Waals surface area contributed by atoms with E-state index in [1.807, 2.05) is 0 Å². The molecule has 0 amide bonds. The van der Waals surface area contributed by atoms with Gasteiger partial charge in [-0.25, -0.2) is 0 Å². The molecule has 1 atom stereocenters. The Bertz CT molecular complexity index is 550. The average molecular weight is 259 g/mol. The molecule has 3 rings (SSSR count). The molecule has 1 aromatic heterocycles. The molecule has 0 radical (unpaired) electrons. The van der Waals surface area contributed by atoms with E-state index in [1.165, 1.54) is 0 Å². The summed E-state index contributed by atoms with van der Waals surface area (Å²) >= 11 is 0. The van der Waals surface area contributed by atoms with E-state index >= 15 is 0 Å². The molecular formula is C12H14BN3O3. The minimum absolute atomic E-state index is 0.153. The minimum Gasteiger partial charge on any atom is -0.423 e. The van der Waals surface area contributed by atoms with E-state index in [0.717, 1.165) is 24.9 Å². The topological polar surface area (TPSA) is 91.4 Å². The van der Waals surface area contributed by atoms with Crippen LogP contribution in [0.3, 0.4) is 0 Å². The highest BCUT2D eigenvalue weighted by molar-refractivity contribution is 6.58. The Hall–Kier alpha value is -1.70. The van der Waals surface area contributed by atoms with E-state index in [-0.39, 0.29) is 6.04 Å². The summed E-state index contributed by atoms with van der Waals surface area (Å²) in [6.45, 7) is 0.978. The van der Waals surface area contributed by atoms with Gasteiger partial charge >= 0.3 is 7.12 Å². The highest BCUT2D eigenvalue weighted by Crippen LogP contribution is 2.25. The second-order valence-electron chi connectivity index (χ2n) is 4.59. The van der Waals surface area contributed by atoms with Crippen LogP contribution in [-0.2, 0) is 0 Å². The molecule has 0 saturated carbocycles. The maximum atomic E-state index is 9.03. The average Bonchev–Trinajstić information content (AvgIpc) is 3.10. The summed E-state index contributed by atoms with van der Waals surface area (Å²) in [6.07, 6.45) is 2.13. The number of aromatic nitrogens is 2. The van der Waals surface area contributed by atoms with Crippen LogP contribution >= 0.6 is 0 Å². The first kappa shape index (κ1) is 12.3. The van der Waals surface area contributed by atoms with Gasteiger partial charge in [0.1, 0.15) is 0 Å². The van der Waals surface area contributed by atoms with Crippen LogP contribution < -0.4 is 10.8 Å². The van der Waals surface area contributed by atoms with Crippen LogP contribution in [0.5, 0.6) is 0 Å². The standard InChI is InChI=1S/C12H14BN3O3/c17-13(18)9-5-3-8(4-6-9)11-15-16-12(19-11)10-2-1-7-14-10/h3-6,10,14,17-18H,1-2,7H2/t10-/m0/s1. The molecule has 1 aliphatic heterocycles. The van der Waals surface area contributed by atoms with Gasteiger partial charge in [-0.1, -0.05) is 12.1 Å². The van der Waals surface area contributed by atoms with Crippen molar-refractivity contribution in [1.82, 2.24) is 15.5 Å². The van der Waals surface area contributed by atoms with Crippen molar-refractivity contribution in [1.29, 1.82) is 0 Å². The lowest BCUT2D eigenvalue weighted by molar-refractivity contribution is 0.425. The highest BCUT2D eigenvalue weighted by Gasteiger charge is 2.22. The van der Waals surface area contributed by atoms with E-state index in [2.05, 4.69) is 15.5 Å². The van der Waals surface area contributed by atoms with Gasteiger partial charge in [-0.05, 0) is 37.0 Å². The normalized spacial score (nSPS) is 18.7. The predicted molar refractivity (Wildman–Crippen MR) is 69.5 cm³/mol. The maximum absolute atomic E-state index is 9.03. The Kier molecular flexibility index (Phi) is 3.33. The van der Waals surface area contributed by atoms with Crippen molar-refractivity contribution in [3.8, 4) is 11.5 Å². The summed E-state index contributed by atoms with van der Waals surface area (Å²) in [6, 6.07) is 6.86. The molecule has 2 aromatic rings. The molecule has 0 aliphatic carbocycles. The highest BCUT2D eigenvalue weighted by atomic mass is 16.4. The van der Waals surface area contributed by atoms with Gasteiger partial charge in [0.05, 0.1) is 6.04 Å². The van der Waals surface area contributed by atoms with Crippen molar-refractivity contribution in [2.45, 2.75) is 18.9 Å². The Morgan fingerprint density at radius 1 is 1.21 bits per heavy atom. The first-order chi connectivity index (χ1) is 9.24. The molecule has 3 N–H and O–H groups in total. The second kappa shape index (κ2) is 5.12. The molecule has 1 fully saturated rings. The zero-order chi connectivity index (χ0) is 13.2. The van der Waals surface area contributed by atoms with Crippen LogP contribution in [0.25, 0.3) is 11.5 Å². The predicted octanol–water partition coefficient (Wildman–Crippen LogP) is -0.159. The molecule has 7 heteroatoms. The first-order valence-corrected chi connectivity index (χ1v) is 6.27. The molecule has 98 valence electrons. The quantitative estimate of drug-likeness (QED) is 0.663. The van der Waals surface area contributed by atoms with Crippen molar-refractivity contribution in [3.05, 3.63) is 30.2 Å². The fourth-order valence-electron chi connectivity index (χ4n) is 2.19. The number of nitrogens with one attached hydrogen (secondary N) is 1. The first-order valence-electron chi connectivity index (χ1n) is 6.27. The zero-order valence-electron chi connectivity index (χ0n) is 10.3. The molecule has 1 saturated heterocycles. The number of benzene rings is 1. The number of rotatable bonds is 3. The monoisotopic (exact) mass is 259 g/mol. The number of hydrogen-bond acceptors (Lipinski definition) is 6. The van der Waals surface area contributed by atoms with E-state index in [1.54, 1.807) is 24.3 Å². The Morgan fingerprint density at radius 2 is 2.00 bits per heavy atom. The summed E-state index contributed by atoms with van der Waals surface area (Å²) in [5.41, 5.74) is 1.20. The van der Waals surface area contributed by atoms with Crippen molar-refractivity contribution in [2.24, 2.45) is 0 Å². The van der Waals surface area contributed by atoms with Gasteiger partial charge < -0.3 is 19.8 Å². The molecule has 6 nitrogen and oxygen atoms in total. The van der Waals surface area contributed by atoms with Gasteiger partial charge in [-0.2, -0.15) is 0 Å². The Balaban J connectivity index is 1.81. The number of hydrogen-bond donors (Lipinski definition) is 3. The van der Waals surface area contributed by atoms with E-state index in [4.69, 9.17) is 14.5 Å². The molecule has 0 unspecified atom stereocenters. The second-order valence-corrected chi connectivity index (χ2v) is 4.59. The van der Waals surface area contributed by atoms with Crippen molar-refractivity contribution in [3.63, 3.8) is 0 Å². The van der Waals surface area contributed by atoms with Gasteiger partial charge in [0.15, 0.2) is 0 Å². The molecule has 1 aromatic carbocycles. The summed E-state index contributed by atoms with van der Waals surface area (Å²) in [7, 11) is -1.46. The summed E-state index contributed by atoms with van der Waals surface area (Å²) < 4.78 is 5.64. The van der Waals surface area contributed by atoms with Gasteiger partial charge in [0.25, 0.3) is 0 Å². The molecule has 2 heterocycles. The van der Waals surface area contributed by atoms with Gasteiger partial charge in [0.2, 0.25) is 11.8 Å². The molecule has 1 aliphatic rings. The third kappa shape index (κ3) is 2.53. The van der Waals surface area contributed by atoms with E-state index in [0.29, 0.717) is 17.2 Å². The third-order valence-electron chi connectivity index (χ3n) is 3.25. The fraction of sp³-hybridized carbons (Fsp3) is 0.333.